The Morgan fingerprint density at radius 1 is 1.17 bits per heavy atom. The second-order valence-corrected chi connectivity index (χ2v) is 11.2. The molecule has 0 radical (unpaired) electrons. The molecule has 5 rings (SSSR count). The maximum Gasteiger partial charge on any atom is 0.141 e. The number of benzene rings is 1. The molecule has 0 unspecified atom stereocenters. The number of alkyl halides is 1. The summed E-state index contributed by atoms with van der Waals surface area (Å²) in [5, 5.41) is 13.6. The third kappa shape index (κ3) is 4.43. The predicted octanol–water partition coefficient (Wildman–Crippen LogP) is 7.69. The molecule has 36 heavy (non-hydrogen) atoms. The zero-order valence-corrected chi connectivity index (χ0v) is 21.7. The first-order valence-electron chi connectivity index (χ1n) is 12.7. The Kier molecular flexibility index (Phi) is 5.98. The van der Waals surface area contributed by atoms with E-state index in [1.807, 2.05) is 46.0 Å². The molecular weight excluding hydrogens is 451 g/mol. The molecule has 0 saturated heterocycles. The molecule has 1 aromatic carbocycles. The average Bonchev–Trinajstić information content (AvgIpc) is 3.39. The van der Waals surface area contributed by atoms with Gasteiger partial charge in [0.05, 0.1) is 28.2 Å². The fraction of sp³-hybridized carbons (Fsp3) is 0.433. The molecule has 3 aromatic heterocycles. The van der Waals surface area contributed by atoms with Crippen LogP contribution in [-0.4, -0.2) is 20.4 Å². The van der Waals surface area contributed by atoms with Gasteiger partial charge >= 0.3 is 0 Å². The highest BCUT2D eigenvalue weighted by Crippen LogP contribution is 2.38. The van der Waals surface area contributed by atoms with Gasteiger partial charge in [-0.05, 0) is 83.4 Å². The van der Waals surface area contributed by atoms with Crippen LogP contribution in [0, 0.1) is 31.1 Å². The second kappa shape index (κ2) is 8.89. The van der Waals surface area contributed by atoms with Gasteiger partial charge in [-0.25, -0.2) is 4.39 Å². The summed E-state index contributed by atoms with van der Waals surface area (Å²) >= 11 is 0. The van der Waals surface area contributed by atoms with Crippen LogP contribution in [0.2, 0.25) is 0 Å². The normalized spacial score (nSPS) is 20.5. The molecule has 6 heteroatoms. The number of aromatic nitrogens is 3. The second-order valence-electron chi connectivity index (χ2n) is 11.2. The van der Waals surface area contributed by atoms with E-state index >= 15 is 0 Å². The minimum absolute atomic E-state index is 0.429. The van der Waals surface area contributed by atoms with Crippen molar-refractivity contribution in [1.82, 2.24) is 14.7 Å². The van der Waals surface area contributed by atoms with Gasteiger partial charge in [-0.1, -0.05) is 29.4 Å². The Balaban J connectivity index is 1.58. The molecule has 0 spiro atoms. The topological polar surface area (TPSA) is 67.6 Å². The number of pyridine rings is 1. The summed E-state index contributed by atoms with van der Waals surface area (Å²) in [6, 6.07) is 12.8. The van der Waals surface area contributed by atoms with Gasteiger partial charge in [0, 0.05) is 35.6 Å². The zero-order chi connectivity index (χ0) is 25.7. The summed E-state index contributed by atoms with van der Waals surface area (Å²) < 4.78 is 22.1. The van der Waals surface area contributed by atoms with E-state index in [4.69, 9.17) is 9.51 Å². The van der Waals surface area contributed by atoms with E-state index in [9.17, 15) is 9.65 Å². The van der Waals surface area contributed by atoms with E-state index in [2.05, 4.69) is 40.2 Å². The maximum atomic E-state index is 14.4. The molecule has 1 aliphatic rings. The highest BCUT2D eigenvalue weighted by Gasteiger charge is 2.31. The first-order chi connectivity index (χ1) is 17.1. The summed E-state index contributed by atoms with van der Waals surface area (Å²) in [6.07, 6.45) is 7.08. The molecule has 1 fully saturated rings. The molecule has 4 aromatic rings. The number of aryl methyl sites for hydroxylation is 2. The van der Waals surface area contributed by atoms with Crippen LogP contribution < -0.4 is 0 Å². The van der Waals surface area contributed by atoms with Crippen LogP contribution >= 0.6 is 0 Å². The molecule has 0 amide bonds. The molecule has 186 valence electrons. The van der Waals surface area contributed by atoms with Gasteiger partial charge in [0.15, 0.2) is 0 Å². The van der Waals surface area contributed by atoms with Crippen LogP contribution in [0.5, 0.6) is 0 Å². The lowest BCUT2D eigenvalue weighted by Crippen LogP contribution is -2.27. The van der Waals surface area contributed by atoms with Crippen LogP contribution in [-0.2, 0) is 12.0 Å². The number of nitriles is 1. The zero-order valence-electron chi connectivity index (χ0n) is 21.7. The number of nitrogens with zero attached hydrogens (tertiary/aromatic N) is 4. The number of halogens is 1. The quantitative estimate of drug-likeness (QED) is 0.291. The van der Waals surface area contributed by atoms with Crippen LogP contribution in [0.1, 0.15) is 63.5 Å². The SMILES string of the molecule is Cc1noc(C)c1-c1cnc2c(-c3ccc(C(C)(C)C#N)cc3)cn(CC3CCC(C)(F)CC3)c2c1. The third-order valence-electron chi connectivity index (χ3n) is 7.84. The Hall–Kier alpha value is -3.46. The number of hydrogen-bond acceptors (Lipinski definition) is 4. The summed E-state index contributed by atoms with van der Waals surface area (Å²) in [7, 11) is 0. The van der Waals surface area contributed by atoms with Gasteiger partial charge in [-0.15, -0.1) is 0 Å². The summed E-state index contributed by atoms with van der Waals surface area (Å²) in [5.41, 5.74) is 6.32. The van der Waals surface area contributed by atoms with Crippen molar-refractivity contribution in [3.8, 4) is 28.3 Å². The van der Waals surface area contributed by atoms with E-state index in [1.165, 1.54) is 0 Å². The van der Waals surface area contributed by atoms with E-state index < -0.39 is 11.1 Å². The van der Waals surface area contributed by atoms with Gasteiger partial charge in [0.25, 0.3) is 0 Å². The molecule has 1 aliphatic carbocycles. The Bertz CT molecular complexity index is 1420. The monoisotopic (exact) mass is 484 g/mol. The molecule has 0 aliphatic heterocycles. The smallest absolute Gasteiger partial charge is 0.141 e. The summed E-state index contributed by atoms with van der Waals surface area (Å²) in [6.45, 7) is 10.3. The predicted molar refractivity (Wildman–Crippen MR) is 140 cm³/mol. The highest BCUT2D eigenvalue weighted by atomic mass is 19.1. The first kappa shape index (κ1) is 24.2. The Labute approximate surface area is 211 Å². The van der Waals surface area contributed by atoms with Gasteiger partial charge in [-0.3, -0.25) is 4.98 Å². The summed E-state index contributed by atoms with van der Waals surface area (Å²) in [4.78, 5) is 4.92. The summed E-state index contributed by atoms with van der Waals surface area (Å²) in [5.74, 6) is 1.20. The standard InChI is InChI=1S/C30H33FN4O/c1-19-27(20(2)36-34-19)23-14-26-28(33-15-23)25(22-6-8-24(9-7-22)29(3,4)18-32)17-35(26)16-21-10-12-30(5,31)13-11-21/h6-9,14-15,17,21H,10-13,16H2,1-5H3. The lowest BCUT2D eigenvalue weighted by atomic mass is 9.81. The number of fused-ring (bicyclic) bond motifs is 1. The average molecular weight is 485 g/mol. The van der Waals surface area contributed by atoms with E-state index in [-0.39, 0.29) is 0 Å². The van der Waals surface area contributed by atoms with Gasteiger partial charge < -0.3 is 9.09 Å². The van der Waals surface area contributed by atoms with Crippen molar-refractivity contribution in [2.45, 2.75) is 77.9 Å². The van der Waals surface area contributed by atoms with Gasteiger partial charge in [0.2, 0.25) is 0 Å². The van der Waals surface area contributed by atoms with Crippen molar-refractivity contribution in [2.24, 2.45) is 5.92 Å². The van der Waals surface area contributed by atoms with Crippen molar-refractivity contribution in [3.63, 3.8) is 0 Å². The van der Waals surface area contributed by atoms with Crippen LogP contribution in [0.25, 0.3) is 33.3 Å². The van der Waals surface area contributed by atoms with E-state index in [0.29, 0.717) is 18.8 Å². The minimum Gasteiger partial charge on any atom is -0.361 e. The molecule has 0 atom stereocenters. The lowest BCUT2D eigenvalue weighted by molar-refractivity contribution is 0.0985. The van der Waals surface area contributed by atoms with Crippen molar-refractivity contribution >= 4 is 11.0 Å². The maximum absolute atomic E-state index is 14.4. The molecular formula is C30H33FN4O. The van der Waals surface area contributed by atoms with E-state index in [1.54, 1.807) is 6.92 Å². The lowest BCUT2D eigenvalue weighted by Gasteiger charge is -2.31. The first-order valence-corrected chi connectivity index (χ1v) is 12.7. The molecule has 5 nitrogen and oxygen atoms in total. The minimum atomic E-state index is -1.04. The Morgan fingerprint density at radius 2 is 1.86 bits per heavy atom. The highest BCUT2D eigenvalue weighted by molar-refractivity contribution is 5.95. The Morgan fingerprint density at radius 3 is 2.47 bits per heavy atom. The fourth-order valence-electron chi connectivity index (χ4n) is 5.43. The molecule has 3 heterocycles. The van der Waals surface area contributed by atoms with Crippen LogP contribution in [0.3, 0.4) is 0 Å². The number of rotatable bonds is 5. The van der Waals surface area contributed by atoms with Crippen LogP contribution in [0.15, 0.2) is 47.2 Å². The van der Waals surface area contributed by atoms with Gasteiger partial charge in [-0.2, -0.15) is 5.26 Å². The fourth-order valence-corrected chi connectivity index (χ4v) is 5.43. The van der Waals surface area contributed by atoms with E-state index in [0.717, 1.165) is 69.7 Å². The van der Waals surface area contributed by atoms with Crippen LogP contribution in [0.4, 0.5) is 4.39 Å². The van der Waals surface area contributed by atoms with Crippen molar-refractivity contribution in [3.05, 3.63) is 59.7 Å². The van der Waals surface area contributed by atoms with Crippen molar-refractivity contribution in [2.75, 3.05) is 0 Å². The third-order valence-corrected chi connectivity index (χ3v) is 7.84. The van der Waals surface area contributed by atoms with Gasteiger partial charge in [0.1, 0.15) is 11.4 Å². The van der Waals surface area contributed by atoms with Crippen molar-refractivity contribution in [1.29, 1.82) is 5.26 Å². The largest absolute Gasteiger partial charge is 0.361 e. The molecule has 0 N–H and O–H groups in total. The molecule has 1 saturated carbocycles. The molecule has 0 bridgehead atoms. The number of hydrogen-bond donors (Lipinski definition) is 0. The van der Waals surface area contributed by atoms with Crippen molar-refractivity contribution < 1.29 is 8.91 Å².